The maximum atomic E-state index is 5.62. The van der Waals surface area contributed by atoms with Gasteiger partial charge < -0.3 is 4.74 Å². The number of methoxy groups -OCH3 is 1. The Hall–Kier alpha value is -2.47. The third-order valence-corrected chi connectivity index (χ3v) is 6.31. The van der Waals surface area contributed by atoms with E-state index in [1.165, 1.54) is 35.6 Å². The highest BCUT2D eigenvalue weighted by Gasteiger charge is 2.25. The van der Waals surface area contributed by atoms with Crippen molar-refractivity contribution in [3.63, 3.8) is 0 Å². The number of hydrogen-bond acceptors (Lipinski definition) is 5. The molecule has 0 spiro atoms. The van der Waals surface area contributed by atoms with Gasteiger partial charge in [-0.2, -0.15) is 0 Å². The second-order valence-electron chi connectivity index (χ2n) is 7.11. The number of rotatable bonds is 7. The van der Waals surface area contributed by atoms with Crippen LogP contribution in [-0.2, 0) is 13.0 Å². The van der Waals surface area contributed by atoms with Crippen LogP contribution in [0.5, 0.6) is 5.75 Å². The van der Waals surface area contributed by atoms with E-state index in [1.807, 2.05) is 36.5 Å². The summed E-state index contributed by atoms with van der Waals surface area (Å²) in [6.07, 6.45) is 6.17. The van der Waals surface area contributed by atoms with Crippen LogP contribution in [-0.4, -0.2) is 27.6 Å². The number of benzene rings is 1. The molecule has 6 heteroatoms. The number of aliphatic imine (C=N–C) groups is 1. The maximum Gasteiger partial charge on any atom is 0.160 e. The van der Waals surface area contributed by atoms with E-state index in [4.69, 9.17) is 9.73 Å². The Morgan fingerprint density at radius 2 is 1.96 bits per heavy atom. The Balaban J connectivity index is 1.79. The maximum absolute atomic E-state index is 5.62. The average molecular weight is 395 g/mol. The summed E-state index contributed by atoms with van der Waals surface area (Å²) in [6.45, 7) is 4.77. The van der Waals surface area contributed by atoms with Crippen LogP contribution in [0, 0.1) is 6.92 Å². The van der Waals surface area contributed by atoms with Crippen molar-refractivity contribution in [2.45, 2.75) is 52.5 Å². The minimum absolute atomic E-state index is 0.515. The first-order valence-corrected chi connectivity index (χ1v) is 10.8. The molecule has 146 valence electrons. The first-order chi connectivity index (χ1) is 13.7. The van der Waals surface area contributed by atoms with E-state index < -0.39 is 0 Å². The standard InChI is InChI=1S/C22H26N4OS/c1-4-5-6-7-10-16-13-18-21(17-11-8-9-12-19(17)27-3)23-14-20-25-24-15(2)26(20)22(18)28-16/h8-9,11-13H,4-7,10,14H2,1-3H3. The summed E-state index contributed by atoms with van der Waals surface area (Å²) in [6, 6.07) is 10.4. The SMILES string of the molecule is CCCCCCc1cc2c(s1)-n1c(C)nnc1CN=C2c1ccccc1OC. The summed E-state index contributed by atoms with van der Waals surface area (Å²) >= 11 is 1.84. The van der Waals surface area contributed by atoms with Gasteiger partial charge in [0, 0.05) is 16.0 Å². The topological polar surface area (TPSA) is 52.3 Å². The van der Waals surface area contributed by atoms with E-state index in [-0.39, 0.29) is 0 Å². The molecule has 0 saturated carbocycles. The highest BCUT2D eigenvalue weighted by molar-refractivity contribution is 7.15. The first kappa shape index (κ1) is 18.9. The zero-order chi connectivity index (χ0) is 19.5. The van der Waals surface area contributed by atoms with E-state index in [0.717, 1.165) is 40.7 Å². The van der Waals surface area contributed by atoms with Crippen LogP contribution in [0.25, 0.3) is 5.00 Å². The monoisotopic (exact) mass is 394 g/mol. The molecular weight excluding hydrogens is 368 g/mol. The van der Waals surface area contributed by atoms with Crippen LogP contribution < -0.4 is 4.74 Å². The van der Waals surface area contributed by atoms with E-state index >= 15 is 0 Å². The summed E-state index contributed by atoms with van der Waals surface area (Å²) in [5.41, 5.74) is 3.16. The van der Waals surface area contributed by atoms with Gasteiger partial charge in [0.05, 0.1) is 12.8 Å². The minimum Gasteiger partial charge on any atom is -0.496 e. The molecule has 3 heterocycles. The lowest BCUT2D eigenvalue weighted by Crippen LogP contribution is -2.07. The van der Waals surface area contributed by atoms with Crippen molar-refractivity contribution in [2.75, 3.05) is 7.11 Å². The van der Waals surface area contributed by atoms with Gasteiger partial charge in [0.1, 0.15) is 23.1 Å². The Morgan fingerprint density at radius 1 is 1.11 bits per heavy atom. The van der Waals surface area contributed by atoms with Gasteiger partial charge in [-0.15, -0.1) is 21.5 Å². The van der Waals surface area contributed by atoms with Crippen molar-refractivity contribution >= 4 is 17.0 Å². The smallest absolute Gasteiger partial charge is 0.160 e. The molecule has 3 aromatic rings. The van der Waals surface area contributed by atoms with Crippen LogP contribution >= 0.6 is 11.3 Å². The van der Waals surface area contributed by atoms with Crippen LogP contribution in [0.2, 0.25) is 0 Å². The number of fused-ring (bicyclic) bond motifs is 3. The molecule has 0 saturated heterocycles. The fourth-order valence-corrected chi connectivity index (χ4v) is 4.96. The zero-order valence-corrected chi connectivity index (χ0v) is 17.6. The van der Waals surface area contributed by atoms with Gasteiger partial charge in [0.15, 0.2) is 5.82 Å². The molecular formula is C22H26N4OS. The molecule has 1 aliphatic heterocycles. The average Bonchev–Trinajstić information content (AvgIpc) is 3.25. The second kappa shape index (κ2) is 8.27. The van der Waals surface area contributed by atoms with Crippen LogP contribution in [0.3, 0.4) is 0 Å². The summed E-state index contributed by atoms with van der Waals surface area (Å²) in [5.74, 6) is 2.65. The first-order valence-electron chi connectivity index (χ1n) is 9.95. The van der Waals surface area contributed by atoms with Gasteiger partial charge in [-0.25, -0.2) is 0 Å². The quantitative estimate of drug-likeness (QED) is 0.523. The summed E-state index contributed by atoms with van der Waals surface area (Å²) in [5, 5.41) is 9.83. The van der Waals surface area contributed by atoms with E-state index in [1.54, 1.807) is 7.11 Å². The lowest BCUT2D eigenvalue weighted by atomic mass is 10.0. The molecule has 0 atom stereocenters. The van der Waals surface area contributed by atoms with Crippen molar-refractivity contribution in [2.24, 2.45) is 4.99 Å². The molecule has 0 radical (unpaired) electrons. The Labute approximate surface area is 170 Å². The molecule has 4 rings (SSSR count). The number of nitrogens with zero attached hydrogens (tertiary/aromatic N) is 4. The number of aromatic nitrogens is 3. The van der Waals surface area contributed by atoms with E-state index in [2.05, 4.69) is 33.8 Å². The third kappa shape index (κ3) is 3.49. The van der Waals surface area contributed by atoms with Gasteiger partial charge in [0.2, 0.25) is 0 Å². The van der Waals surface area contributed by atoms with Gasteiger partial charge in [-0.1, -0.05) is 38.3 Å². The van der Waals surface area contributed by atoms with E-state index in [0.29, 0.717) is 6.54 Å². The Kier molecular flexibility index (Phi) is 5.57. The van der Waals surface area contributed by atoms with Gasteiger partial charge in [-0.3, -0.25) is 9.56 Å². The largest absolute Gasteiger partial charge is 0.496 e. The van der Waals surface area contributed by atoms with Crippen LogP contribution in [0.4, 0.5) is 0 Å². The molecule has 0 amide bonds. The number of thiophene rings is 1. The summed E-state index contributed by atoms with van der Waals surface area (Å²) in [4.78, 5) is 6.33. The Morgan fingerprint density at radius 3 is 2.79 bits per heavy atom. The number of aryl methyl sites for hydroxylation is 2. The molecule has 0 fully saturated rings. The summed E-state index contributed by atoms with van der Waals surface area (Å²) in [7, 11) is 1.71. The summed E-state index contributed by atoms with van der Waals surface area (Å²) < 4.78 is 7.79. The zero-order valence-electron chi connectivity index (χ0n) is 16.7. The second-order valence-corrected chi connectivity index (χ2v) is 8.22. The molecule has 1 aliphatic rings. The number of hydrogen-bond donors (Lipinski definition) is 0. The van der Waals surface area contributed by atoms with Gasteiger partial charge in [0.25, 0.3) is 0 Å². The normalized spacial score (nSPS) is 12.9. The number of ether oxygens (including phenoxy) is 1. The number of unbranched alkanes of at least 4 members (excludes halogenated alkanes) is 3. The van der Waals surface area contributed by atoms with E-state index in [9.17, 15) is 0 Å². The van der Waals surface area contributed by atoms with Crippen molar-refractivity contribution in [3.05, 3.63) is 58.0 Å². The molecule has 0 unspecified atom stereocenters. The fraction of sp³-hybridized carbons (Fsp3) is 0.409. The molecule has 5 nitrogen and oxygen atoms in total. The molecule has 0 aliphatic carbocycles. The van der Waals surface area contributed by atoms with Crippen LogP contribution in [0.1, 0.15) is 60.3 Å². The minimum atomic E-state index is 0.515. The predicted octanol–water partition coefficient (Wildman–Crippen LogP) is 5.12. The lowest BCUT2D eigenvalue weighted by Gasteiger charge is -2.11. The molecule has 28 heavy (non-hydrogen) atoms. The van der Waals surface area contributed by atoms with Crippen molar-refractivity contribution < 1.29 is 4.74 Å². The van der Waals surface area contributed by atoms with Crippen molar-refractivity contribution in [1.82, 2.24) is 14.8 Å². The predicted molar refractivity (Wildman–Crippen MR) is 114 cm³/mol. The van der Waals surface area contributed by atoms with Gasteiger partial charge >= 0.3 is 0 Å². The van der Waals surface area contributed by atoms with Gasteiger partial charge in [-0.05, 0) is 38.0 Å². The molecule has 2 aromatic heterocycles. The highest BCUT2D eigenvalue weighted by Crippen LogP contribution is 2.35. The van der Waals surface area contributed by atoms with Crippen LogP contribution in [0.15, 0.2) is 35.3 Å². The molecule has 0 N–H and O–H groups in total. The van der Waals surface area contributed by atoms with Crippen molar-refractivity contribution in [1.29, 1.82) is 0 Å². The molecule has 0 bridgehead atoms. The third-order valence-electron chi connectivity index (χ3n) is 5.13. The number of para-hydroxylation sites is 1. The fourth-order valence-electron chi connectivity index (χ4n) is 3.69. The molecule has 1 aromatic carbocycles. The lowest BCUT2D eigenvalue weighted by molar-refractivity contribution is 0.414. The van der Waals surface area contributed by atoms with Crippen molar-refractivity contribution in [3.8, 4) is 10.8 Å². The highest BCUT2D eigenvalue weighted by atomic mass is 32.1. The Bertz CT molecular complexity index is 1000.